The van der Waals surface area contributed by atoms with Gasteiger partial charge in [0.1, 0.15) is 11.5 Å². The molecule has 0 saturated heterocycles. The summed E-state index contributed by atoms with van der Waals surface area (Å²) in [5.74, 6) is 0.975. The molecule has 0 aliphatic carbocycles. The Balaban J connectivity index is 2.21. The van der Waals surface area contributed by atoms with E-state index in [-0.39, 0.29) is 5.91 Å². The van der Waals surface area contributed by atoms with Crippen LogP contribution in [0.25, 0.3) is 0 Å². The van der Waals surface area contributed by atoms with Gasteiger partial charge in [0, 0.05) is 21.8 Å². The first-order valence-corrected chi connectivity index (χ1v) is 7.51. The maximum Gasteiger partial charge on any atom is 0.255 e. The van der Waals surface area contributed by atoms with E-state index in [1.54, 1.807) is 36.4 Å². The van der Waals surface area contributed by atoms with Gasteiger partial charge in [0.25, 0.3) is 5.91 Å². The molecular formula is C16H17BrN2O3. The largest absolute Gasteiger partial charge is 0.494 e. The Kier molecular flexibility index (Phi) is 5.27. The summed E-state index contributed by atoms with van der Waals surface area (Å²) in [6, 6.07) is 10.3. The van der Waals surface area contributed by atoms with Gasteiger partial charge in [-0.05, 0) is 53.2 Å². The molecule has 0 atom stereocenters. The molecule has 0 radical (unpaired) electrons. The normalized spacial score (nSPS) is 10.1. The quantitative estimate of drug-likeness (QED) is 0.793. The van der Waals surface area contributed by atoms with Crippen molar-refractivity contribution in [2.75, 3.05) is 24.8 Å². The van der Waals surface area contributed by atoms with Crippen molar-refractivity contribution in [3.8, 4) is 11.5 Å². The monoisotopic (exact) mass is 364 g/mol. The van der Waals surface area contributed by atoms with Gasteiger partial charge in [-0.2, -0.15) is 0 Å². The molecule has 0 bridgehead atoms. The number of nitrogens with one attached hydrogen (secondary N) is 1. The van der Waals surface area contributed by atoms with Crippen molar-refractivity contribution >= 4 is 33.2 Å². The van der Waals surface area contributed by atoms with Gasteiger partial charge in [-0.1, -0.05) is 0 Å². The number of nitrogen functional groups attached to an aromatic ring is 1. The number of benzene rings is 2. The first-order valence-electron chi connectivity index (χ1n) is 6.72. The lowest BCUT2D eigenvalue weighted by atomic mass is 10.2. The zero-order valence-corrected chi connectivity index (χ0v) is 13.9. The number of carbonyl (C=O) groups is 1. The topological polar surface area (TPSA) is 73.6 Å². The van der Waals surface area contributed by atoms with E-state index in [1.807, 2.05) is 6.92 Å². The van der Waals surface area contributed by atoms with Crippen molar-refractivity contribution < 1.29 is 14.3 Å². The molecule has 0 fully saturated rings. The second-order valence-corrected chi connectivity index (χ2v) is 5.35. The number of nitrogens with two attached hydrogens (primary N) is 1. The summed E-state index contributed by atoms with van der Waals surface area (Å²) in [5.41, 5.74) is 7.36. The van der Waals surface area contributed by atoms with Crippen molar-refractivity contribution in [1.29, 1.82) is 0 Å². The van der Waals surface area contributed by atoms with E-state index in [4.69, 9.17) is 15.2 Å². The summed E-state index contributed by atoms with van der Waals surface area (Å²) < 4.78 is 11.3. The summed E-state index contributed by atoms with van der Waals surface area (Å²) in [4.78, 5) is 12.3. The van der Waals surface area contributed by atoms with Crippen LogP contribution in [0.15, 0.2) is 40.9 Å². The lowest BCUT2D eigenvalue weighted by Crippen LogP contribution is -2.13. The molecule has 0 heterocycles. The van der Waals surface area contributed by atoms with Crippen LogP contribution in [0.1, 0.15) is 17.3 Å². The fraction of sp³-hybridized carbons (Fsp3) is 0.188. The lowest BCUT2D eigenvalue weighted by molar-refractivity contribution is 0.102. The Morgan fingerprint density at radius 2 is 1.95 bits per heavy atom. The van der Waals surface area contributed by atoms with Gasteiger partial charge in [0.15, 0.2) is 0 Å². The highest BCUT2D eigenvalue weighted by Crippen LogP contribution is 2.35. The molecule has 0 saturated carbocycles. The van der Waals surface area contributed by atoms with Crippen LogP contribution in [0, 0.1) is 0 Å². The molecule has 116 valence electrons. The molecule has 0 aromatic heterocycles. The van der Waals surface area contributed by atoms with Gasteiger partial charge in [0.05, 0.1) is 19.4 Å². The summed E-state index contributed by atoms with van der Waals surface area (Å²) in [6.45, 7) is 2.49. The number of anilines is 2. The Morgan fingerprint density at radius 3 is 2.55 bits per heavy atom. The molecule has 1 amide bonds. The van der Waals surface area contributed by atoms with Gasteiger partial charge >= 0.3 is 0 Å². The minimum Gasteiger partial charge on any atom is -0.494 e. The summed E-state index contributed by atoms with van der Waals surface area (Å²) in [7, 11) is 1.52. The zero-order chi connectivity index (χ0) is 16.1. The number of hydrogen-bond donors (Lipinski definition) is 2. The SMILES string of the molecule is CCOc1ccc(C(=O)Nc2c(Br)cc(N)cc2OC)cc1. The Morgan fingerprint density at radius 1 is 1.27 bits per heavy atom. The molecule has 0 aliphatic heterocycles. The number of carbonyl (C=O) groups excluding carboxylic acids is 1. The second-order valence-electron chi connectivity index (χ2n) is 4.49. The molecule has 5 nitrogen and oxygen atoms in total. The third-order valence-corrected chi connectivity index (χ3v) is 3.59. The number of rotatable bonds is 5. The first-order chi connectivity index (χ1) is 10.5. The van der Waals surface area contributed by atoms with Crippen molar-refractivity contribution in [2.45, 2.75) is 6.92 Å². The summed E-state index contributed by atoms with van der Waals surface area (Å²) in [6.07, 6.45) is 0. The standard InChI is InChI=1S/C16H17BrN2O3/c1-3-22-12-6-4-10(5-7-12)16(20)19-15-13(17)8-11(18)9-14(15)21-2/h4-9H,3,18H2,1-2H3,(H,19,20). The number of methoxy groups -OCH3 is 1. The Bertz CT molecular complexity index is 672. The third kappa shape index (κ3) is 3.71. The van der Waals surface area contributed by atoms with Crippen LogP contribution >= 0.6 is 15.9 Å². The van der Waals surface area contributed by atoms with E-state index in [0.29, 0.717) is 33.8 Å². The van der Waals surface area contributed by atoms with E-state index in [0.717, 1.165) is 5.75 Å². The minimum atomic E-state index is -0.244. The van der Waals surface area contributed by atoms with E-state index in [2.05, 4.69) is 21.2 Å². The smallest absolute Gasteiger partial charge is 0.255 e. The van der Waals surface area contributed by atoms with Gasteiger partial charge in [-0.25, -0.2) is 0 Å². The van der Waals surface area contributed by atoms with Crippen LogP contribution < -0.4 is 20.5 Å². The third-order valence-electron chi connectivity index (χ3n) is 2.96. The summed E-state index contributed by atoms with van der Waals surface area (Å²) in [5, 5.41) is 2.82. The van der Waals surface area contributed by atoms with E-state index < -0.39 is 0 Å². The Hall–Kier alpha value is -2.21. The number of ether oxygens (including phenoxy) is 2. The second kappa shape index (κ2) is 7.17. The highest BCUT2D eigenvalue weighted by Gasteiger charge is 2.14. The Labute approximate surface area is 137 Å². The van der Waals surface area contributed by atoms with Crippen LogP contribution in [-0.2, 0) is 0 Å². The average molecular weight is 365 g/mol. The molecule has 3 N–H and O–H groups in total. The van der Waals surface area contributed by atoms with E-state index >= 15 is 0 Å². The highest BCUT2D eigenvalue weighted by atomic mass is 79.9. The summed E-state index contributed by atoms with van der Waals surface area (Å²) >= 11 is 3.38. The minimum absolute atomic E-state index is 0.244. The van der Waals surface area contributed by atoms with Crippen LogP contribution in [0.2, 0.25) is 0 Å². The predicted octanol–water partition coefficient (Wildman–Crippen LogP) is 3.69. The van der Waals surface area contributed by atoms with Crippen LogP contribution in [-0.4, -0.2) is 19.6 Å². The van der Waals surface area contributed by atoms with Gasteiger partial charge in [-0.3, -0.25) is 4.79 Å². The highest BCUT2D eigenvalue weighted by molar-refractivity contribution is 9.10. The molecule has 0 unspecified atom stereocenters. The molecule has 0 aliphatic rings. The van der Waals surface area contributed by atoms with Crippen molar-refractivity contribution in [3.05, 3.63) is 46.4 Å². The predicted molar refractivity (Wildman–Crippen MR) is 90.7 cm³/mol. The maximum atomic E-state index is 12.3. The fourth-order valence-corrected chi connectivity index (χ4v) is 2.50. The van der Waals surface area contributed by atoms with Crippen LogP contribution in [0.4, 0.5) is 11.4 Å². The molecule has 22 heavy (non-hydrogen) atoms. The number of halogens is 1. The van der Waals surface area contributed by atoms with Gasteiger partial charge in [0.2, 0.25) is 0 Å². The van der Waals surface area contributed by atoms with Crippen molar-refractivity contribution in [2.24, 2.45) is 0 Å². The zero-order valence-electron chi connectivity index (χ0n) is 12.4. The average Bonchev–Trinajstić information content (AvgIpc) is 2.50. The fourth-order valence-electron chi connectivity index (χ4n) is 1.94. The van der Waals surface area contributed by atoms with E-state index in [1.165, 1.54) is 7.11 Å². The maximum absolute atomic E-state index is 12.3. The van der Waals surface area contributed by atoms with Gasteiger partial charge in [-0.15, -0.1) is 0 Å². The van der Waals surface area contributed by atoms with Crippen molar-refractivity contribution in [1.82, 2.24) is 0 Å². The molecule has 6 heteroatoms. The molecule has 2 aromatic carbocycles. The van der Waals surface area contributed by atoms with Gasteiger partial charge < -0.3 is 20.5 Å². The first kappa shape index (κ1) is 16.2. The number of hydrogen-bond acceptors (Lipinski definition) is 4. The molecule has 2 rings (SSSR count). The van der Waals surface area contributed by atoms with Crippen LogP contribution in [0.5, 0.6) is 11.5 Å². The lowest BCUT2D eigenvalue weighted by Gasteiger charge is -2.13. The number of amides is 1. The molecule has 2 aromatic rings. The van der Waals surface area contributed by atoms with E-state index in [9.17, 15) is 4.79 Å². The van der Waals surface area contributed by atoms with Crippen molar-refractivity contribution in [3.63, 3.8) is 0 Å². The molecule has 0 spiro atoms. The van der Waals surface area contributed by atoms with Crippen LogP contribution in [0.3, 0.4) is 0 Å². The molecular weight excluding hydrogens is 348 g/mol.